The second-order valence-electron chi connectivity index (χ2n) is 8.32. The number of methoxy groups -OCH3 is 2. The maximum Gasteiger partial charge on any atom is 0.475 e. The van der Waals surface area contributed by atoms with Crippen LogP contribution in [0.3, 0.4) is 0 Å². The van der Waals surface area contributed by atoms with Gasteiger partial charge in [-0.1, -0.05) is 13.8 Å². The van der Waals surface area contributed by atoms with Gasteiger partial charge in [-0.2, -0.15) is 0 Å². The van der Waals surface area contributed by atoms with E-state index in [0.29, 0.717) is 37.2 Å². The standard InChI is InChI=1S/C21H33BN2O7/c1-12(2)7-19(22(28)29)24-21(27)16(11-25)23-20(26)14-6-5-13-9-17(30-3)18(31-4)10-15(13)8-14/h9-10,12,14,16,19,25,28-29H,5-8,11H2,1-4H3,(H,23,26)(H,24,27). The number of fused-ring (bicyclic) bond motifs is 1. The van der Waals surface area contributed by atoms with Gasteiger partial charge in [0.05, 0.1) is 26.8 Å². The molecule has 10 heteroatoms. The van der Waals surface area contributed by atoms with E-state index in [1.54, 1.807) is 14.2 Å². The predicted octanol–water partition coefficient (Wildman–Crippen LogP) is -0.171. The zero-order chi connectivity index (χ0) is 23.1. The Balaban J connectivity index is 2.03. The fourth-order valence-corrected chi connectivity index (χ4v) is 3.84. The van der Waals surface area contributed by atoms with Gasteiger partial charge in [0.25, 0.3) is 0 Å². The highest BCUT2D eigenvalue weighted by Crippen LogP contribution is 2.35. The molecule has 2 amide bonds. The van der Waals surface area contributed by atoms with Crippen molar-refractivity contribution < 1.29 is 34.2 Å². The van der Waals surface area contributed by atoms with E-state index < -0.39 is 31.6 Å². The Morgan fingerprint density at radius 3 is 2.26 bits per heavy atom. The van der Waals surface area contributed by atoms with Crippen molar-refractivity contribution in [1.29, 1.82) is 0 Å². The minimum Gasteiger partial charge on any atom is -0.493 e. The summed E-state index contributed by atoms with van der Waals surface area (Å²) in [5.74, 6) is -0.884. The van der Waals surface area contributed by atoms with Gasteiger partial charge in [-0.05, 0) is 54.9 Å². The monoisotopic (exact) mass is 436 g/mol. The number of ether oxygens (including phenoxy) is 2. The zero-order valence-corrected chi connectivity index (χ0v) is 18.6. The van der Waals surface area contributed by atoms with Gasteiger partial charge >= 0.3 is 7.12 Å². The molecule has 2 rings (SSSR count). The van der Waals surface area contributed by atoms with Gasteiger partial charge in [-0.25, -0.2) is 0 Å². The van der Waals surface area contributed by atoms with Gasteiger partial charge in [0, 0.05) is 5.92 Å². The fourth-order valence-electron chi connectivity index (χ4n) is 3.84. The molecule has 172 valence electrons. The van der Waals surface area contributed by atoms with E-state index in [0.717, 1.165) is 11.1 Å². The highest BCUT2D eigenvalue weighted by Gasteiger charge is 2.32. The molecule has 0 spiro atoms. The molecule has 9 nitrogen and oxygen atoms in total. The summed E-state index contributed by atoms with van der Waals surface area (Å²) in [6.07, 6.45) is 2.10. The molecule has 31 heavy (non-hydrogen) atoms. The normalized spacial score (nSPS) is 17.4. The lowest BCUT2D eigenvalue weighted by atomic mass is 9.75. The lowest BCUT2D eigenvalue weighted by Crippen LogP contribution is -2.56. The molecular formula is C21H33BN2O7. The first-order valence-corrected chi connectivity index (χ1v) is 10.5. The van der Waals surface area contributed by atoms with Crippen molar-refractivity contribution in [2.75, 3.05) is 20.8 Å². The van der Waals surface area contributed by atoms with Crippen LogP contribution in [-0.4, -0.2) is 66.9 Å². The molecule has 1 aliphatic rings. The molecule has 3 unspecified atom stereocenters. The van der Waals surface area contributed by atoms with Crippen LogP contribution in [0.15, 0.2) is 12.1 Å². The molecule has 3 atom stereocenters. The Morgan fingerprint density at radius 2 is 1.74 bits per heavy atom. The Bertz CT molecular complexity index is 772. The molecule has 0 aromatic heterocycles. The molecular weight excluding hydrogens is 403 g/mol. The molecule has 0 radical (unpaired) electrons. The van der Waals surface area contributed by atoms with Gasteiger partial charge in [0.15, 0.2) is 11.5 Å². The minimum atomic E-state index is -1.73. The van der Waals surface area contributed by atoms with E-state index in [2.05, 4.69) is 10.6 Å². The number of hydrogen-bond donors (Lipinski definition) is 5. The first kappa shape index (κ1) is 25.0. The molecule has 0 saturated carbocycles. The van der Waals surface area contributed by atoms with Crippen LogP contribution in [0.2, 0.25) is 0 Å². The largest absolute Gasteiger partial charge is 0.493 e. The van der Waals surface area contributed by atoms with Crippen LogP contribution in [0.4, 0.5) is 0 Å². The summed E-state index contributed by atoms with van der Waals surface area (Å²) in [5.41, 5.74) is 2.07. The number of aliphatic hydroxyl groups excluding tert-OH is 1. The van der Waals surface area contributed by atoms with Crippen LogP contribution in [0.25, 0.3) is 0 Å². The molecule has 1 aliphatic carbocycles. The summed E-state index contributed by atoms with van der Waals surface area (Å²) in [7, 11) is 1.39. The topological polar surface area (TPSA) is 137 Å². The number of amides is 2. The van der Waals surface area contributed by atoms with Crippen molar-refractivity contribution in [3.63, 3.8) is 0 Å². The van der Waals surface area contributed by atoms with Crippen molar-refractivity contribution >= 4 is 18.9 Å². The van der Waals surface area contributed by atoms with Crippen LogP contribution in [-0.2, 0) is 22.4 Å². The maximum atomic E-state index is 12.8. The van der Waals surface area contributed by atoms with Crippen LogP contribution in [0, 0.1) is 11.8 Å². The SMILES string of the molecule is COc1cc2c(cc1OC)CC(C(=O)NC(CO)C(=O)NC(CC(C)C)B(O)O)CC2. The lowest BCUT2D eigenvalue weighted by molar-refractivity contribution is -0.132. The number of benzene rings is 1. The number of aryl methyl sites for hydroxylation is 1. The van der Waals surface area contributed by atoms with Crippen molar-refractivity contribution in [2.45, 2.75) is 51.5 Å². The maximum absolute atomic E-state index is 12.8. The number of aliphatic hydroxyl groups is 1. The van der Waals surface area contributed by atoms with Gasteiger partial charge in [-0.15, -0.1) is 0 Å². The van der Waals surface area contributed by atoms with Crippen LogP contribution < -0.4 is 20.1 Å². The molecule has 1 aromatic carbocycles. The molecule has 1 aromatic rings. The van der Waals surface area contributed by atoms with Gasteiger partial charge in [0.1, 0.15) is 6.04 Å². The molecule has 0 fully saturated rings. The van der Waals surface area contributed by atoms with Crippen LogP contribution in [0.5, 0.6) is 11.5 Å². The van der Waals surface area contributed by atoms with Gasteiger partial charge < -0.3 is 35.3 Å². The highest BCUT2D eigenvalue weighted by atomic mass is 16.5. The first-order chi connectivity index (χ1) is 14.7. The summed E-state index contributed by atoms with van der Waals surface area (Å²) in [5, 5.41) is 33.7. The Morgan fingerprint density at radius 1 is 1.13 bits per heavy atom. The third kappa shape index (κ3) is 6.59. The third-order valence-corrected chi connectivity index (χ3v) is 5.53. The quantitative estimate of drug-likeness (QED) is 0.321. The molecule has 0 saturated heterocycles. The second kappa shape index (κ2) is 11.4. The first-order valence-electron chi connectivity index (χ1n) is 10.5. The second-order valence-corrected chi connectivity index (χ2v) is 8.32. The summed E-state index contributed by atoms with van der Waals surface area (Å²) >= 11 is 0. The van der Waals surface area contributed by atoms with Crippen LogP contribution in [0.1, 0.15) is 37.8 Å². The number of carbonyl (C=O) groups excluding carboxylic acids is 2. The smallest absolute Gasteiger partial charge is 0.475 e. The van der Waals surface area contributed by atoms with E-state index in [-0.39, 0.29) is 17.7 Å². The van der Waals surface area contributed by atoms with Gasteiger partial charge in [0.2, 0.25) is 11.8 Å². The number of rotatable bonds is 10. The molecule has 5 N–H and O–H groups in total. The van der Waals surface area contributed by atoms with E-state index >= 15 is 0 Å². The summed E-state index contributed by atoms with van der Waals surface area (Å²) in [4.78, 5) is 25.3. The van der Waals surface area contributed by atoms with Crippen molar-refractivity contribution in [3.05, 3.63) is 23.3 Å². The molecule has 0 heterocycles. The summed E-state index contributed by atoms with van der Waals surface area (Å²) in [6, 6.07) is 2.61. The lowest BCUT2D eigenvalue weighted by Gasteiger charge is -2.27. The number of hydrogen-bond acceptors (Lipinski definition) is 7. The van der Waals surface area contributed by atoms with Crippen LogP contribution >= 0.6 is 0 Å². The van der Waals surface area contributed by atoms with Crippen molar-refractivity contribution in [3.8, 4) is 11.5 Å². The average molecular weight is 436 g/mol. The highest BCUT2D eigenvalue weighted by molar-refractivity contribution is 6.43. The molecule has 0 aliphatic heterocycles. The Hall–Kier alpha value is -2.30. The van der Waals surface area contributed by atoms with E-state index in [9.17, 15) is 24.7 Å². The average Bonchev–Trinajstić information content (AvgIpc) is 2.74. The van der Waals surface area contributed by atoms with Gasteiger partial charge in [-0.3, -0.25) is 9.59 Å². The van der Waals surface area contributed by atoms with E-state index in [1.165, 1.54) is 0 Å². The summed E-state index contributed by atoms with van der Waals surface area (Å²) in [6.45, 7) is 3.18. The van der Waals surface area contributed by atoms with E-state index in [1.807, 2.05) is 26.0 Å². The Labute approximate surface area is 183 Å². The summed E-state index contributed by atoms with van der Waals surface area (Å²) < 4.78 is 10.7. The number of nitrogens with one attached hydrogen (secondary N) is 2. The predicted molar refractivity (Wildman–Crippen MR) is 116 cm³/mol. The zero-order valence-electron chi connectivity index (χ0n) is 18.6. The Kier molecular flexibility index (Phi) is 9.15. The van der Waals surface area contributed by atoms with E-state index in [4.69, 9.17) is 9.47 Å². The number of carbonyl (C=O) groups is 2. The molecule has 0 bridgehead atoms. The fraction of sp³-hybridized carbons (Fsp3) is 0.619. The van der Waals surface area contributed by atoms with Crippen molar-refractivity contribution in [2.24, 2.45) is 11.8 Å². The minimum absolute atomic E-state index is 0.118. The van der Waals surface area contributed by atoms with Crippen molar-refractivity contribution in [1.82, 2.24) is 10.6 Å². The third-order valence-electron chi connectivity index (χ3n) is 5.53.